The molecule has 1 saturated heterocycles. The second-order valence-corrected chi connectivity index (χ2v) is 8.48. The van der Waals surface area contributed by atoms with Crippen LogP contribution in [0, 0.1) is 0 Å². The third kappa shape index (κ3) is 4.22. The van der Waals surface area contributed by atoms with Crippen LogP contribution < -0.4 is 9.47 Å². The van der Waals surface area contributed by atoms with Gasteiger partial charge in [-0.05, 0) is 57.0 Å². The van der Waals surface area contributed by atoms with E-state index in [1.165, 1.54) is 0 Å². The minimum Gasteiger partial charge on any atom is -0.493 e. The Hall–Kier alpha value is -3.28. The number of fused-ring (bicyclic) bond motifs is 1. The molecule has 168 valence electrons. The molecule has 1 atom stereocenters. The highest BCUT2D eigenvalue weighted by molar-refractivity contribution is 5.95. The highest BCUT2D eigenvalue weighted by Gasteiger charge is 2.30. The molecular weight excluding hydrogens is 402 g/mol. The average Bonchev–Trinajstić information content (AvgIpc) is 3.22. The summed E-state index contributed by atoms with van der Waals surface area (Å²) in [6.45, 7) is 9.83. The van der Waals surface area contributed by atoms with Gasteiger partial charge in [-0.15, -0.1) is 0 Å². The molecule has 1 aliphatic heterocycles. The molecule has 6 nitrogen and oxygen atoms in total. The van der Waals surface area contributed by atoms with Crippen LogP contribution in [0.25, 0.3) is 11.0 Å². The summed E-state index contributed by atoms with van der Waals surface area (Å²) in [7, 11) is 1.58. The summed E-state index contributed by atoms with van der Waals surface area (Å²) in [5.74, 6) is 2.44. The number of likely N-dealkylation sites (tertiary alicyclic amines) is 1. The van der Waals surface area contributed by atoms with Gasteiger partial charge in [0.15, 0.2) is 11.5 Å². The molecule has 0 bridgehead atoms. The summed E-state index contributed by atoms with van der Waals surface area (Å²) in [5.41, 5.74) is 2.77. The van der Waals surface area contributed by atoms with Crippen LogP contribution >= 0.6 is 0 Å². The lowest BCUT2D eigenvalue weighted by atomic mass is 9.96. The van der Waals surface area contributed by atoms with Crippen LogP contribution in [0.2, 0.25) is 0 Å². The lowest BCUT2D eigenvalue weighted by Gasteiger charge is -2.33. The van der Waals surface area contributed by atoms with E-state index in [0.717, 1.165) is 36.2 Å². The van der Waals surface area contributed by atoms with Gasteiger partial charge in [0.1, 0.15) is 12.4 Å². The molecule has 1 amide bonds. The zero-order valence-corrected chi connectivity index (χ0v) is 19.1. The van der Waals surface area contributed by atoms with Crippen molar-refractivity contribution in [2.24, 2.45) is 0 Å². The number of carbonyl (C=O) groups excluding carboxylic acids is 1. The van der Waals surface area contributed by atoms with Crippen LogP contribution in [-0.4, -0.2) is 47.2 Å². The predicted molar refractivity (Wildman–Crippen MR) is 127 cm³/mol. The molecule has 1 aromatic heterocycles. The average molecular weight is 434 g/mol. The number of methoxy groups -OCH3 is 1. The Morgan fingerprint density at radius 2 is 2.06 bits per heavy atom. The number of rotatable bonds is 7. The number of imidazole rings is 1. The Labute approximate surface area is 189 Å². The fourth-order valence-electron chi connectivity index (χ4n) is 4.52. The largest absolute Gasteiger partial charge is 0.493 e. The van der Waals surface area contributed by atoms with Crippen molar-refractivity contribution >= 4 is 16.9 Å². The van der Waals surface area contributed by atoms with E-state index in [9.17, 15) is 4.79 Å². The van der Waals surface area contributed by atoms with Crippen LogP contribution in [0.15, 0.2) is 55.1 Å². The maximum atomic E-state index is 13.3. The van der Waals surface area contributed by atoms with Gasteiger partial charge in [-0.3, -0.25) is 4.79 Å². The van der Waals surface area contributed by atoms with Crippen molar-refractivity contribution in [1.82, 2.24) is 14.5 Å². The number of hydrogen-bond acceptors (Lipinski definition) is 4. The number of amides is 1. The molecule has 0 saturated carbocycles. The Kier molecular flexibility index (Phi) is 6.49. The van der Waals surface area contributed by atoms with Crippen molar-refractivity contribution < 1.29 is 14.3 Å². The third-order valence-electron chi connectivity index (χ3n) is 5.98. The molecule has 32 heavy (non-hydrogen) atoms. The molecule has 0 radical (unpaired) electrons. The Bertz CT molecular complexity index is 1120. The van der Waals surface area contributed by atoms with E-state index in [1.54, 1.807) is 31.4 Å². The Morgan fingerprint density at radius 1 is 1.25 bits per heavy atom. The molecular formula is C26H31N3O3. The highest BCUT2D eigenvalue weighted by Crippen LogP contribution is 2.33. The fourth-order valence-corrected chi connectivity index (χ4v) is 4.52. The van der Waals surface area contributed by atoms with Gasteiger partial charge in [0.2, 0.25) is 0 Å². The van der Waals surface area contributed by atoms with E-state index in [2.05, 4.69) is 43.2 Å². The van der Waals surface area contributed by atoms with Gasteiger partial charge in [-0.25, -0.2) is 4.98 Å². The van der Waals surface area contributed by atoms with Gasteiger partial charge in [-0.2, -0.15) is 0 Å². The summed E-state index contributed by atoms with van der Waals surface area (Å²) in [4.78, 5) is 20.3. The van der Waals surface area contributed by atoms with E-state index >= 15 is 0 Å². The van der Waals surface area contributed by atoms with E-state index in [1.807, 2.05) is 11.0 Å². The van der Waals surface area contributed by atoms with Crippen LogP contribution in [0.3, 0.4) is 0 Å². The number of ether oxygens (including phenoxy) is 2. The lowest BCUT2D eigenvalue weighted by molar-refractivity contribution is 0.0703. The molecule has 2 aromatic carbocycles. The SMILES string of the molecule is C=CCOc1ccc(C(=O)N2CCCC(c3nc4ccccc4n3C(C)C)C2)cc1OC. The van der Waals surface area contributed by atoms with E-state index in [-0.39, 0.29) is 11.8 Å². The van der Waals surface area contributed by atoms with Crippen LogP contribution in [-0.2, 0) is 0 Å². The summed E-state index contributed by atoms with van der Waals surface area (Å²) in [6, 6.07) is 13.9. The number of piperidine rings is 1. The third-order valence-corrected chi connectivity index (χ3v) is 5.98. The quantitative estimate of drug-likeness (QED) is 0.480. The Balaban J connectivity index is 1.58. The topological polar surface area (TPSA) is 56.6 Å². The first-order chi connectivity index (χ1) is 15.5. The normalized spacial score (nSPS) is 16.4. The van der Waals surface area contributed by atoms with Crippen molar-refractivity contribution in [2.45, 2.75) is 38.6 Å². The standard InChI is InChI=1S/C26H31N3O3/c1-5-15-32-23-13-12-19(16-24(23)31-4)26(30)28-14-8-9-20(17-28)25-27-21-10-6-7-11-22(21)29(25)18(2)3/h5-7,10-13,16,18,20H,1,8-9,14-15,17H2,2-4H3. The summed E-state index contributed by atoms with van der Waals surface area (Å²) < 4.78 is 13.4. The molecule has 0 aliphatic carbocycles. The molecule has 0 N–H and O–H groups in total. The van der Waals surface area contributed by atoms with Crippen molar-refractivity contribution in [3.63, 3.8) is 0 Å². The van der Waals surface area contributed by atoms with Crippen molar-refractivity contribution in [3.05, 3.63) is 66.5 Å². The molecule has 1 fully saturated rings. The second-order valence-electron chi connectivity index (χ2n) is 8.48. The molecule has 0 spiro atoms. The molecule has 6 heteroatoms. The first kappa shape index (κ1) is 21.9. The maximum Gasteiger partial charge on any atom is 0.254 e. The number of nitrogens with zero attached hydrogens (tertiary/aromatic N) is 3. The van der Waals surface area contributed by atoms with Crippen LogP contribution in [0.4, 0.5) is 0 Å². The van der Waals surface area contributed by atoms with E-state index < -0.39 is 0 Å². The summed E-state index contributed by atoms with van der Waals surface area (Å²) >= 11 is 0. The number of benzene rings is 2. The van der Waals surface area contributed by atoms with Crippen LogP contribution in [0.1, 0.15) is 54.8 Å². The van der Waals surface area contributed by atoms with Crippen molar-refractivity contribution in [3.8, 4) is 11.5 Å². The van der Waals surface area contributed by atoms with Crippen molar-refractivity contribution in [1.29, 1.82) is 0 Å². The first-order valence-corrected chi connectivity index (χ1v) is 11.2. The highest BCUT2D eigenvalue weighted by atomic mass is 16.5. The fraction of sp³-hybridized carbons (Fsp3) is 0.385. The number of aromatic nitrogens is 2. The molecule has 1 aliphatic rings. The van der Waals surface area contributed by atoms with E-state index in [4.69, 9.17) is 14.5 Å². The number of para-hydroxylation sites is 2. The maximum absolute atomic E-state index is 13.3. The smallest absolute Gasteiger partial charge is 0.254 e. The van der Waals surface area contributed by atoms with Gasteiger partial charge in [0, 0.05) is 30.6 Å². The first-order valence-electron chi connectivity index (χ1n) is 11.2. The number of hydrogen-bond donors (Lipinski definition) is 0. The molecule has 4 rings (SSSR count). The van der Waals surface area contributed by atoms with Gasteiger partial charge < -0.3 is 18.9 Å². The zero-order valence-electron chi connectivity index (χ0n) is 19.1. The van der Waals surface area contributed by atoms with Crippen LogP contribution in [0.5, 0.6) is 11.5 Å². The zero-order chi connectivity index (χ0) is 22.7. The summed E-state index contributed by atoms with van der Waals surface area (Å²) in [5, 5.41) is 0. The minimum absolute atomic E-state index is 0.00970. The number of carbonyl (C=O) groups is 1. The van der Waals surface area contributed by atoms with Gasteiger partial charge in [0.25, 0.3) is 5.91 Å². The van der Waals surface area contributed by atoms with Gasteiger partial charge in [-0.1, -0.05) is 24.8 Å². The monoisotopic (exact) mass is 433 g/mol. The second kappa shape index (κ2) is 9.47. The van der Waals surface area contributed by atoms with Crippen molar-refractivity contribution in [2.75, 3.05) is 26.8 Å². The van der Waals surface area contributed by atoms with E-state index in [0.29, 0.717) is 36.3 Å². The molecule has 1 unspecified atom stereocenters. The minimum atomic E-state index is 0.00970. The van der Waals surface area contributed by atoms with Gasteiger partial charge in [0.05, 0.1) is 18.1 Å². The predicted octanol–water partition coefficient (Wildman–Crippen LogP) is 5.21. The summed E-state index contributed by atoms with van der Waals surface area (Å²) in [6.07, 6.45) is 3.66. The molecule has 3 aromatic rings. The molecule has 2 heterocycles. The lowest BCUT2D eigenvalue weighted by Crippen LogP contribution is -2.39. The van der Waals surface area contributed by atoms with Gasteiger partial charge >= 0.3 is 0 Å². The Morgan fingerprint density at radius 3 is 2.81 bits per heavy atom.